The Kier molecular flexibility index (Phi) is 11.9. The number of rotatable bonds is 9. The minimum absolute atomic E-state index is 0. The van der Waals surface area contributed by atoms with E-state index in [9.17, 15) is 39.9 Å². The molecule has 0 saturated heterocycles. The molecule has 10 nitrogen and oxygen atoms in total. The van der Waals surface area contributed by atoms with Crippen LogP contribution in [0.5, 0.6) is 0 Å². The Labute approximate surface area is 148 Å². The minimum atomic E-state index is -2.05. The zero-order valence-electron chi connectivity index (χ0n) is 12.2. The van der Waals surface area contributed by atoms with Crippen LogP contribution in [0.2, 0.25) is 0 Å². The van der Waals surface area contributed by atoms with Crippen LogP contribution in [-0.4, -0.2) is 80.3 Å². The molecule has 0 radical (unpaired) electrons. The second kappa shape index (κ2) is 11.0. The maximum atomic E-state index is 11.0. The smallest absolute Gasteiger partial charge is 0.542 e. The SMILES string of the molecule is CC(=O)N[C@@H]([C@@H](O)[C@H](O)[C@H](O)CO)[C@@H](O)CC(=O)C(=O)[O-].[Na+]. The molecular formula is C11H18NNaO9. The van der Waals surface area contributed by atoms with Crippen LogP contribution in [0.3, 0.4) is 0 Å². The second-order valence-corrected chi connectivity index (χ2v) is 4.44. The van der Waals surface area contributed by atoms with Crippen LogP contribution in [0.1, 0.15) is 13.3 Å². The summed E-state index contributed by atoms with van der Waals surface area (Å²) in [6.07, 6.45) is -8.50. The van der Waals surface area contributed by atoms with Crippen molar-refractivity contribution in [3.63, 3.8) is 0 Å². The van der Waals surface area contributed by atoms with E-state index in [0.717, 1.165) is 6.92 Å². The number of Topliss-reactive ketones (excluding diaryl/α,β-unsaturated/α-hetero) is 1. The summed E-state index contributed by atoms with van der Waals surface area (Å²) < 4.78 is 0. The van der Waals surface area contributed by atoms with E-state index >= 15 is 0 Å². The molecule has 6 N–H and O–H groups in total. The molecule has 0 aromatic heterocycles. The number of aliphatic carboxylic acids is 1. The summed E-state index contributed by atoms with van der Waals surface area (Å²) >= 11 is 0. The van der Waals surface area contributed by atoms with Gasteiger partial charge < -0.3 is 40.8 Å². The predicted molar refractivity (Wildman–Crippen MR) is 63.3 cm³/mol. The molecule has 122 valence electrons. The molecule has 1 amide bonds. The molecule has 0 fully saturated rings. The Morgan fingerprint density at radius 2 is 1.55 bits per heavy atom. The van der Waals surface area contributed by atoms with E-state index in [1.807, 2.05) is 5.32 Å². The van der Waals surface area contributed by atoms with Gasteiger partial charge in [-0.05, 0) is 0 Å². The Balaban J connectivity index is 0. The number of carbonyl (C=O) groups excluding carboxylic acids is 3. The molecule has 0 aromatic carbocycles. The van der Waals surface area contributed by atoms with Crippen LogP contribution in [0.4, 0.5) is 0 Å². The molecule has 5 atom stereocenters. The Bertz CT molecular complexity index is 392. The number of ketones is 1. The van der Waals surface area contributed by atoms with Crippen LogP contribution in [0.15, 0.2) is 0 Å². The van der Waals surface area contributed by atoms with Gasteiger partial charge in [0.1, 0.15) is 24.3 Å². The number of carboxylic acid groups (broad SMARTS) is 1. The van der Waals surface area contributed by atoms with Gasteiger partial charge in [-0.25, -0.2) is 0 Å². The molecule has 0 aliphatic carbocycles. The van der Waals surface area contributed by atoms with Gasteiger partial charge in [0.05, 0.1) is 18.8 Å². The summed E-state index contributed by atoms with van der Waals surface area (Å²) in [7, 11) is 0. The van der Waals surface area contributed by atoms with Crippen molar-refractivity contribution in [1.82, 2.24) is 5.32 Å². The number of carboxylic acids is 1. The normalized spacial score (nSPS) is 17.4. The minimum Gasteiger partial charge on any atom is -0.542 e. The molecule has 0 rings (SSSR count). The van der Waals surface area contributed by atoms with E-state index in [0.29, 0.717) is 0 Å². The van der Waals surface area contributed by atoms with Gasteiger partial charge in [-0.15, -0.1) is 0 Å². The molecule has 11 heteroatoms. The van der Waals surface area contributed by atoms with Crippen LogP contribution < -0.4 is 40.0 Å². The third-order valence-corrected chi connectivity index (χ3v) is 2.71. The van der Waals surface area contributed by atoms with E-state index < -0.39 is 61.1 Å². The first-order valence-corrected chi connectivity index (χ1v) is 5.96. The average Bonchev–Trinajstić information content (AvgIpc) is 2.41. The summed E-state index contributed by atoms with van der Waals surface area (Å²) in [6, 6.07) is -1.64. The quantitative estimate of drug-likeness (QED) is 0.176. The predicted octanol–water partition coefficient (Wildman–Crippen LogP) is -8.36. The monoisotopic (exact) mass is 331 g/mol. The maximum absolute atomic E-state index is 11.0. The van der Waals surface area contributed by atoms with Crippen molar-refractivity contribution in [2.24, 2.45) is 0 Å². The number of hydrogen-bond acceptors (Lipinski definition) is 9. The van der Waals surface area contributed by atoms with Gasteiger partial charge in [-0.1, -0.05) is 0 Å². The fraction of sp³-hybridized carbons (Fsp3) is 0.727. The largest absolute Gasteiger partial charge is 1.00 e. The van der Waals surface area contributed by atoms with Crippen molar-refractivity contribution in [3.05, 3.63) is 0 Å². The molecule has 0 bridgehead atoms. The van der Waals surface area contributed by atoms with Crippen molar-refractivity contribution in [2.45, 2.75) is 43.8 Å². The first-order chi connectivity index (χ1) is 9.61. The number of aliphatic hydroxyl groups excluding tert-OH is 5. The van der Waals surface area contributed by atoms with Gasteiger partial charge in [-0.2, -0.15) is 0 Å². The number of carbonyl (C=O) groups is 3. The molecule has 0 unspecified atom stereocenters. The molecule has 0 aromatic rings. The molecule has 22 heavy (non-hydrogen) atoms. The summed E-state index contributed by atoms with van der Waals surface area (Å²) in [5.41, 5.74) is 0. The summed E-state index contributed by atoms with van der Waals surface area (Å²) in [5, 5.41) is 59.2. The zero-order chi connectivity index (χ0) is 16.7. The van der Waals surface area contributed by atoms with E-state index in [4.69, 9.17) is 5.11 Å². The van der Waals surface area contributed by atoms with Gasteiger partial charge in [-0.3, -0.25) is 9.59 Å². The molecular weight excluding hydrogens is 313 g/mol. The van der Waals surface area contributed by atoms with Gasteiger partial charge in [0.15, 0.2) is 5.78 Å². The third kappa shape index (κ3) is 7.61. The standard InChI is InChI=1S/C11H19NO9.Na/c1-4(14)12-8(5(15)2-6(16)11(20)21)10(19)9(18)7(17)3-13;/h5,7-10,13,15,17-19H,2-3H2,1H3,(H,12,14)(H,20,21);/q;+1/p-1/t5-,7+,8+,9+,10+;/m0./s1. The zero-order valence-corrected chi connectivity index (χ0v) is 14.2. The second-order valence-electron chi connectivity index (χ2n) is 4.44. The van der Waals surface area contributed by atoms with Crippen LogP contribution >= 0.6 is 0 Å². The first kappa shape index (κ1) is 23.7. The molecule has 0 heterocycles. The van der Waals surface area contributed by atoms with Crippen molar-refractivity contribution in [1.29, 1.82) is 0 Å². The molecule has 0 aliphatic heterocycles. The molecule has 0 aliphatic rings. The number of nitrogens with one attached hydrogen (secondary N) is 1. The molecule has 0 saturated carbocycles. The number of aliphatic hydroxyl groups is 5. The van der Waals surface area contributed by atoms with Gasteiger partial charge >= 0.3 is 29.6 Å². The van der Waals surface area contributed by atoms with Crippen molar-refractivity contribution >= 4 is 17.7 Å². The Morgan fingerprint density at radius 1 is 1.05 bits per heavy atom. The maximum Gasteiger partial charge on any atom is 1.00 e. The van der Waals surface area contributed by atoms with E-state index in [1.165, 1.54) is 0 Å². The Hall–Kier alpha value is -0.590. The van der Waals surface area contributed by atoms with Crippen molar-refractivity contribution < 1.29 is 74.6 Å². The number of hydrogen-bond donors (Lipinski definition) is 6. The fourth-order valence-electron chi connectivity index (χ4n) is 1.59. The summed E-state index contributed by atoms with van der Waals surface area (Å²) in [6.45, 7) is 0.112. The summed E-state index contributed by atoms with van der Waals surface area (Å²) in [4.78, 5) is 32.3. The number of amides is 1. The van der Waals surface area contributed by atoms with E-state index in [2.05, 4.69) is 0 Å². The van der Waals surface area contributed by atoms with Gasteiger partial charge in [0, 0.05) is 13.3 Å². The topological polar surface area (TPSA) is 187 Å². The third-order valence-electron chi connectivity index (χ3n) is 2.71. The van der Waals surface area contributed by atoms with Crippen LogP contribution in [-0.2, 0) is 14.4 Å². The average molecular weight is 331 g/mol. The van der Waals surface area contributed by atoms with Gasteiger partial charge in [0.2, 0.25) is 5.91 Å². The van der Waals surface area contributed by atoms with Crippen molar-refractivity contribution in [2.75, 3.05) is 6.61 Å². The Morgan fingerprint density at radius 3 is 1.91 bits per heavy atom. The van der Waals surface area contributed by atoms with E-state index in [1.54, 1.807) is 0 Å². The van der Waals surface area contributed by atoms with E-state index in [-0.39, 0.29) is 29.6 Å². The van der Waals surface area contributed by atoms with Crippen LogP contribution in [0, 0.1) is 0 Å². The van der Waals surface area contributed by atoms with Crippen molar-refractivity contribution in [3.8, 4) is 0 Å². The van der Waals surface area contributed by atoms with Gasteiger partial charge in [0.25, 0.3) is 0 Å². The fourth-order valence-corrected chi connectivity index (χ4v) is 1.59. The first-order valence-electron chi connectivity index (χ1n) is 5.96. The van der Waals surface area contributed by atoms with Crippen LogP contribution in [0.25, 0.3) is 0 Å². The summed E-state index contributed by atoms with van der Waals surface area (Å²) in [5.74, 6) is -4.27. The molecule has 0 spiro atoms.